The zero-order valence-corrected chi connectivity index (χ0v) is 9.18. The molecular weight excluding hydrogens is 214 g/mol. The van der Waals surface area contributed by atoms with Crippen LogP contribution in [-0.2, 0) is 34.5 Å². The second kappa shape index (κ2) is 3.95. The maximum atomic E-state index is 9.49. The van der Waals surface area contributed by atoms with Gasteiger partial charge in [-0.1, -0.05) is 6.92 Å². The van der Waals surface area contributed by atoms with Crippen LogP contribution in [0.5, 0.6) is 0 Å². The molecule has 0 radical (unpaired) electrons. The van der Waals surface area contributed by atoms with E-state index in [9.17, 15) is 4.55 Å². The normalized spacial score (nSPS) is 20.0. The molecule has 0 bridgehead atoms. The van der Waals surface area contributed by atoms with Crippen molar-refractivity contribution in [3.63, 3.8) is 0 Å². The van der Waals surface area contributed by atoms with Gasteiger partial charge in [0.15, 0.2) is 5.90 Å². The molecule has 1 N–H and O–H groups in total. The first-order valence-electron chi connectivity index (χ1n) is 3.69. The second-order valence-corrected chi connectivity index (χ2v) is 7.76. The zero-order valence-electron chi connectivity index (χ0n) is 6.73. The molecule has 0 saturated carbocycles. The molecule has 70 valence electrons. The van der Waals surface area contributed by atoms with E-state index in [2.05, 4.69) is 4.99 Å². The molecule has 0 aliphatic carbocycles. The Bertz CT molecular complexity index is 283. The van der Waals surface area contributed by atoms with Gasteiger partial charge < -0.3 is 9.29 Å². The standard InChI is InChI=1S/C6H11NO2S3/c1-2-5(12(8,10)11)6-7-3-4-9-6/h5H,2-4H2,1H3,(H,8,10,11). The lowest BCUT2D eigenvalue weighted by atomic mass is 10.3. The van der Waals surface area contributed by atoms with Crippen LogP contribution in [0.2, 0.25) is 0 Å². The molecule has 0 aromatic rings. The molecule has 1 heterocycles. The molecule has 0 fully saturated rings. The fourth-order valence-electron chi connectivity index (χ4n) is 1.06. The highest BCUT2D eigenvalue weighted by atomic mass is 33.1. The summed E-state index contributed by atoms with van der Waals surface area (Å²) in [5.74, 6) is 0.556. The van der Waals surface area contributed by atoms with E-state index in [1.807, 2.05) is 6.92 Å². The third-order valence-corrected chi connectivity index (χ3v) is 4.26. The van der Waals surface area contributed by atoms with Gasteiger partial charge in [-0.3, -0.25) is 4.99 Å². The lowest BCUT2D eigenvalue weighted by Gasteiger charge is -2.15. The molecule has 1 aliphatic heterocycles. The first-order chi connectivity index (χ1) is 5.55. The maximum absolute atomic E-state index is 9.49. The van der Waals surface area contributed by atoms with Gasteiger partial charge in [-0.25, -0.2) is 0 Å². The van der Waals surface area contributed by atoms with Crippen molar-refractivity contribution in [2.24, 2.45) is 4.99 Å². The third-order valence-electron chi connectivity index (χ3n) is 1.61. The average Bonchev–Trinajstić information content (AvgIpc) is 2.38. The molecule has 0 amide bonds. The van der Waals surface area contributed by atoms with Gasteiger partial charge in [-0.05, 0) is 28.8 Å². The number of ether oxygens (including phenoxy) is 1. The van der Waals surface area contributed by atoms with E-state index in [4.69, 9.17) is 27.1 Å². The Kier molecular flexibility index (Phi) is 3.39. The first-order valence-corrected chi connectivity index (χ1v) is 7.19. The molecule has 0 aromatic heterocycles. The lowest BCUT2D eigenvalue weighted by molar-refractivity contribution is 0.338. The quantitative estimate of drug-likeness (QED) is 0.769. The molecule has 0 aromatic carbocycles. The topological polar surface area (TPSA) is 41.8 Å². The van der Waals surface area contributed by atoms with Crippen LogP contribution in [0.25, 0.3) is 0 Å². The summed E-state index contributed by atoms with van der Waals surface area (Å²) in [5, 5.41) is -0.245. The molecule has 6 heteroatoms. The van der Waals surface area contributed by atoms with Gasteiger partial charge in [0, 0.05) is 7.43 Å². The number of hydrogen-bond donors (Lipinski definition) is 1. The van der Waals surface area contributed by atoms with Crippen molar-refractivity contribution in [2.45, 2.75) is 18.6 Å². The Morgan fingerprint density at radius 3 is 2.75 bits per heavy atom. The monoisotopic (exact) mass is 225 g/mol. The summed E-state index contributed by atoms with van der Waals surface area (Å²) in [5.41, 5.74) is 0. The van der Waals surface area contributed by atoms with Gasteiger partial charge >= 0.3 is 0 Å². The van der Waals surface area contributed by atoms with Gasteiger partial charge in [0.2, 0.25) is 0 Å². The summed E-state index contributed by atoms with van der Waals surface area (Å²) in [6.07, 6.45) is 0.692. The van der Waals surface area contributed by atoms with Crippen LogP contribution in [0.4, 0.5) is 0 Å². The van der Waals surface area contributed by atoms with E-state index in [1.165, 1.54) is 0 Å². The van der Waals surface area contributed by atoms with E-state index >= 15 is 0 Å². The number of hydrogen-bond acceptors (Lipinski definition) is 4. The minimum atomic E-state index is -2.39. The Hall–Kier alpha value is 0.220. The summed E-state index contributed by atoms with van der Waals surface area (Å²) >= 11 is 9.67. The fourth-order valence-corrected chi connectivity index (χ4v) is 3.19. The summed E-state index contributed by atoms with van der Waals surface area (Å²) < 4.78 is 14.7. The van der Waals surface area contributed by atoms with Crippen LogP contribution in [0.3, 0.4) is 0 Å². The van der Waals surface area contributed by atoms with E-state index in [0.29, 0.717) is 25.5 Å². The van der Waals surface area contributed by atoms with Crippen molar-refractivity contribution in [3.05, 3.63) is 0 Å². The Balaban J connectivity index is 2.82. The molecule has 3 nitrogen and oxygen atoms in total. The fraction of sp³-hybridized carbons (Fsp3) is 0.833. The molecule has 1 aliphatic rings. The van der Waals surface area contributed by atoms with Gasteiger partial charge in [0.05, 0.1) is 6.54 Å². The molecule has 1 unspecified atom stereocenters. The highest BCUT2D eigenvalue weighted by Gasteiger charge is 2.24. The first kappa shape index (κ1) is 10.3. The van der Waals surface area contributed by atoms with Crippen molar-refractivity contribution in [2.75, 3.05) is 13.2 Å². The zero-order chi connectivity index (χ0) is 9.19. The van der Waals surface area contributed by atoms with Crippen LogP contribution in [-0.4, -0.2) is 28.9 Å². The van der Waals surface area contributed by atoms with Crippen molar-refractivity contribution in [1.29, 1.82) is 0 Å². The van der Waals surface area contributed by atoms with Gasteiger partial charge in [-0.2, -0.15) is 0 Å². The Morgan fingerprint density at radius 2 is 2.42 bits per heavy atom. The van der Waals surface area contributed by atoms with Gasteiger partial charge in [-0.15, -0.1) is 0 Å². The third kappa shape index (κ3) is 2.35. The van der Waals surface area contributed by atoms with E-state index in [-0.39, 0.29) is 5.25 Å². The van der Waals surface area contributed by atoms with Crippen molar-refractivity contribution in [1.82, 2.24) is 0 Å². The smallest absolute Gasteiger partial charge is 0.199 e. The largest absolute Gasteiger partial charge is 0.478 e. The van der Waals surface area contributed by atoms with E-state index < -0.39 is 7.43 Å². The molecule has 1 atom stereocenters. The highest BCUT2D eigenvalue weighted by Crippen LogP contribution is 2.11. The van der Waals surface area contributed by atoms with Crippen molar-refractivity contribution in [3.8, 4) is 0 Å². The average molecular weight is 225 g/mol. The molecule has 12 heavy (non-hydrogen) atoms. The molecule has 0 saturated heterocycles. The lowest BCUT2D eigenvalue weighted by Crippen LogP contribution is -2.28. The Labute approximate surface area is 81.8 Å². The van der Waals surface area contributed by atoms with E-state index in [0.717, 1.165) is 0 Å². The summed E-state index contributed by atoms with van der Waals surface area (Å²) in [6, 6.07) is 0. The van der Waals surface area contributed by atoms with Crippen molar-refractivity contribution < 1.29 is 9.29 Å². The minimum absolute atomic E-state index is 0.245. The van der Waals surface area contributed by atoms with Crippen LogP contribution >= 0.6 is 0 Å². The summed E-state index contributed by atoms with van der Waals surface area (Å²) in [6.45, 7) is 3.17. The SMILES string of the molecule is CCC(C1=NCCO1)S(O)(=S)=S. The number of rotatable bonds is 3. The van der Waals surface area contributed by atoms with Gasteiger partial charge in [0.25, 0.3) is 0 Å². The minimum Gasteiger partial charge on any atom is -0.478 e. The molecule has 0 spiro atoms. The van der Waals surface area contributed by atoms with Gasteiger partial charge in [0.1, 0.15) is 11.9 Å². The second-order valence-electron chi connectivity index (χ2n) is 2.48. The summed E-state index contributed by atoms with van der Waals surface area (Å²) in [7, 11) is -2.39. The maximum Gasteiger partial charge on any atom is 0.199 e. The predicted octanol–water partition coefficient (Wildman–Crippen LogP) is 0.745. The Morgan fingerprint density at radius 1 is 1.75 bits per heavy atom. The molecule has 1 rings (SSSR count). The van der Waals surface area contributed by atoms with Crippen LogP contribution < -0.4 is 0 Å². The number of aliphatic imine (C=N–C) groups is 1. The van der Waals surface area contributed by atoms with E-state index in [1.54, 1.807) is 0 Å². The highest BCUT2D eigenvalue weighted by molar-refractivity contribution is 8.54. The van der Waals surface area contributed by atoms with Crippen molar-refractivity contribution >= 4 is 35.7 Å². The molecular formula is C6H11NO2S3. The summed E-state index contributed by atoms with van der Waals surface area (Å²) in [4.78, 5) is 4.10. The van der Waals surface area contributed by atoms with Crippen LogP contribution in [0.15, 0.2) is 4.99 Å². The van der Waals surface area contributed by atoms with Crippen LogP contribution in [0, 0.1) is 0 Å². The predicted molar refractivity (Wildman–Crippen MR) is 57.1 cm³/mol. The number of nitrogens with zero attached hydrogens (tertiary/aromatic N) is 1. The van der Waals surface area contributed by atoms with Crippen LogP contribution in [0.1, 0.15) is 13.3 Å².